The van der Waals surface area contributed by atoms with E-state index in [0.29, 0.717) is 24.5 Å². The molecule has 0 saturated carbocycles. The van der Waals surface area contributed by atoms with Gasteiger partial charge < -0.3 is 15.1 Å². The Morgan fingerprint density at radius 1 is 1.12 bits per heavy atom. The molecular weight excluding hydrogens is 376 g/mol. The van der Waals surface area contributed by atoms with Crippen LogP contribution in [0.5, 0.6) is 0 Å². The van der Waals surface area contributed by atoms with Crippen molar-refractivity contribution in [1.29, 1.82) is 0 Å². The van der Waals surface area contributed by atoms with E-state index in [1.165, 1.54) is 0 Å². The number of benzene rings is 1. The Balaban J connectivity index is 0.00000196. The van der Waals surface area contributed by atoms with E-state index in [1.807, 2.05) is 15.9 Å². The van der Waals surface area contributed by atoms with E-state index in [9.17, 15) is 13.2 Å². The molecule has 1 atom stereocenters. The van der Waals surface area contributed by atoms with Crippen LogP contribution < -0.4 is 5.32 Å². The maximum Gasteiger partial charge on any atom is 0.285 e. The molecule has 142 valence electrons. The maximum atomic E-state index is 13.0. The SMILES string of the molecule is Cl.O=C(C1CCCN1C1=NS(=O)(=O)c2ccccc21)N1CCCNCC1. The molecule has 0 radical (unpaired) electrons. The van der Waals surface area contributed by atoms with E-state index in [2.05, 4.69) is 9.71 Å². The summed E-state index contributed by atoms with van der Waals surface area (Å²) >= 11 is 0. The molecule has 0 bridgehead atoms. The number of amidine groups is 1. The molecule has 26 heavy (non-hydrogen) atoms. The zero-order chi connectivity index (χ0) is 17.4. The topological polar surface area (TPSA) is 82.1 Å². The van der Waals surface area contributed by atoms with Gasteiger partial charge in [0.1, 0.15) is 10.9 Å². The zero-order valence-corrected chi connectivity index (χ0v) is 16.1. The van der Waals surface area contributed by atoms with Gasteiger partial charge in [0.05, 0.1) is 0 Å². The van der Waals surface area contributed by atoms with Crippen molar-refractivity contribution in [3.8, 4) is 0 Å². The highest BCUT2D eigenvalue weighted by Gasteiger charge is 2.40. The number of fused-ring (bicyclic) bond motifs is 1. The van der Waals surface area contributed by atoms with E-state index in [4.69, 9.17) is 0 Å². The van der Waals surface area contributed by atoms with Gasteiger partial charge in [-0.25, -0.2) is 0 Å². The predicted molar refractivity (Wildman–Crippen MR) is 101 cm³/mol. The number of halogens is 1. The fraction of sp³-hybridized carbons (Fsp3) is 0.529. The lowest BCUT2D eigenvalue weighted by Gasteiger charge is -2.30. The number of rotatable bonds is 1. The van der Waals surface area contributed by atoms with Gasteiger partial charge in [0, 0.05) is 31.7 Å². The van der Waals surface area contributed by atoms with E-state index in [-0.39, 0.29) is 29.3 Å². The number of nitrogens with one attached hydrogen (secondary N) is 1. The standard InChI is InChI=1S/C17H22N4O3S.ClH/c22-17(20-10-4-8-18-9-12-20)14-6-3-11-21(14)16-13-5-1-2-7-15(13)25(23,24)19-16;/h1-2,5,7,14,18H,3-4,6,8-12H2;1H. The second kappa shape index (κ2) is 7.54. The molecule has 1 N–H and O–H groups in total. The van der Waals surface area contributed by atoms with E-state index in [0.717, 1.165) is 38.9 Å². The summed E-state index contributed by atoms with van der Waals surface area (Å²) in [6, 6.07) is 6.54. The highest BCUT2D eigenvalue weighted by Crippen LogP contribution is 2.31. The Bertz CT molecular complexity index is 819. The molecule has 0 aliphatic carbocycles. The van der Waals surface area contributed by atoms with Gasteiger partial charge >= 0.3 is 0 Å². The molecule has 1 unspecified atom stereocenters. The van der Waals surface area contributed by atoms with Crippen LogP contribution >= 0.6 is 12.4 Å². The summed E-state index contributed by atoms with van der Waals surface area (Å²) in [4.78, 5) is 17.1. The van der Waals surface area contributed by atoms with Crippen molar-refractivity contribution in [3.05, 3.63) is 29.8 Å². The quantitative estimate of drug-likeness (QED) is 0.758. The van der Waals surface area contributed by atoms with Crippen molar-refractivity contribution < 1.29 is 13.2 Å². The number of carbonyl (C=O) groups excluding carboxylic acids is 1. The molecular formula is C17H23ClN4O3S. The Hall–Kier alpha value is -1.64. The number of hydrogen-bond acceptors (Lipinski definition) is 5. The lowest BCUT2D eigenvalue weighted by atomic mass is 10.1. The third kappa shape index (κ3) is 3.33. The van der Waals surface area contributed by atoms with Crippen LogP contribution in [0, 0.1) is 0 Å². The van der Waals surface area contributed by atoms with Crippen molar-refractivity contribution in [2.75, 3.05) is 32.7 Å². The molecule has 9 heteroatoms. The van der Waals surface area contributed by atoms with Crippen LogP contribution in [-0.4, -0.2) is 68.7 Å². The van der Waals surface area contributed by atoms with Crippen molar-refractivity contribution in [1.82, 2.24) is 15.1 Å². The second-order valence-electron chi connectivity index (χ2n) is 6.67. The second-order valence-corrected chi connectivity index (χ2v) is 8.24. The van der Waals surface area contributed by atoms with Gasteiger partial charge in [-0.05, 0) is 37.9 Å². The van der Waals surface area contributed by atoms with Crippen LogP contribution in [0.25, 0.3) is 0 Å². The minimum Gasteiger partial charge on any atom is -0.343 e. The molecule has 3 heterocycles. The Morgan fingerprint density at radius 3 is 2.77 bits per heavy atom. The highest BCUT2D eigenvalue weighted by molar-refractivity contribution is 7.90. The number of hydrogen-bond donors (Lipinski definition) is 1. The third-order valence-electron chi connectivity index (χ3n) is 5.07. The van der Waals surface area contributed by atoms with Gasteiger partial charge in [-0.2, -0.15) is 8.42 Å². The van der Waals surface area contributed by atoms with Gasteiger partial charge in [-0.15, -0.1) is 16.8 Å². The van der Waals surface area contributed by atoms with Gasteiger partial charge in [0.15, 0.2) is 5.84 Å². The first kappa shape index (κ1) is 19.1. The minimum absolute atomic E-state index is 0. The van der Waals surface area contributed by atoms with E-state index in [1.54, 1.807) is 18.2 Å². The summed E-state index contributed by atoms with van der Waals surface area (Å²) in [5.41, 5.74) is 0.611. The average molecular weight is 399 g/mol. The molecule has 1 aromatic rings. The molecule has 7 nitrogen and oxygen atoms in total. The monoisotopic (exact) mass is 398 g/mol. The van der Waals surface area contributed by atoms with E-state index < -0.39 is 10.0 Å². The molecule has 1 aromatic carbocycles. The Labute approximate surface area is 159 Å². The van der Waals surface area contributed by atoms with Crippen LogP contribution in [-0.2, 0) is 14.8 Å². The summed E-state index contributed by atoms with van der Waals surface area (Å²) in [6.45, 7) is 3.83. The lowest BCUT2D eigenvalue weighted by Crippen LogP contribution is -2.48. The summed E-state index contributed by atoms with van der Waals surface area (Å²) < 4.78 is 28.7. The summed E-state index contributed by atoms with van der Waals surface area (Å²) in [5, 5.41) is 3.30. The fourth-order valence-electron chi connectivity index (χ4n) is 3.85. The number of sulfonamides is 1. The Kier molecular flexibility index (Phi) is 5.55. The maximum absolute atomic E-state index is 13.0. The van der Waals surface area contributed by atoms with Crippen LogP contribution in [0.15, 0.2) is 33.6 Å². The average Bonchev–Trinajstić information content (AvgIpc) is 3.07. The first-order valence-corrected chi connectivity index (χ1v) is 10.2. The van der Waals surface area contributed by atoms with Crippen molar-refractivity contribution in [2.45, 2.75) is 30.2 Å². The number of nitrogens with zero attached hydrogens (tertiary/aromatic N) is 3. The molecule has 2 fully saturated rings. The lowest BCUT2D eigenvalue weighted by molar-refractivity contribution is -0.134. The molecule has 2 saturated heterocycles. The van der Waals surface area contributed by atoms with Crippen LogP contribution in [0.4, 0.5) is 0 Å². The number of amides is 1. The van der Waals surface area contributed by atoms with Crippen LogP contribution in [0.1, 0.15) is 24.8 Å². The molecule has 4 rings (SSSR count). The van der Waals surface area contributed by atoms with Gasteiger partial charge in [0.2, 0.25) is 5.91 Å². The van der Waals surface area contributed by atoms with Gasteiger partial charge in [-0.3, -0.25) is 4.79 Å². The summed E-state index contributed by atoms with van der Waals surface area (Å²) in [6.07, 6.45) is 2.55. The highest BCUT2D eigenvalue weighted by atomic mass is 35.5. The summed E-state index contributed by atoms with van der Waals surface area (Å²) in [5.74, 6) is 0.519. The molecule has 0 aromatic heterocycles. The van der Waals surface area contributed by atoms with Crippen LogP contribution in [0.3, 0.4) is 0 Å². The smallest absolute Gasteiger partial charge is 0.285 e. The largest absolute Gasteiger partial charge is 0.343 e. The molecule has 3 aliphatic heterocycles. The Morgan fingerprint density at radius 2 is 1.92 bits per heavy atom. The molecule has 1 amide bonds. The number of carbonyl (C=O) groups is 1. The zero-order valence-electron chi connectivity index (χ0n) is 14.4. The normalized spacial score (nSPS) is 24.5. The van der Waals surface area contributed by atoms with Gasteiger partial charge in [-0.1, -0.05) is 12.1 Å². The number of likely N-dealkylation sites (tertiary alicyclic amines) is 1. The van der Waals surface area contributed by atoms with Crippen molar-refractivity contribution in [3.63, 3.8) is 0 Å². The molecule has 3 aliphatic rings. The van der Waals surface area contributed by atoms with Gasteiger partial charge in [0.25, 0.3) is 10.0 Å². The summed E-state index contributed by atoms with van der Waals surface area (Å²) in [7, 11) is -3.66. The van der Waals surface area contributed by atoms with Crippen molar-refractivity contribution >= 4 is 34.2 Å². The fourth-order valence-corrected chi connectivity index (χ4v) is 5.07. The third-order valence-corrected chi connectivity index (χ3v) is 6.40. The van der Waals surface area contributed by atoms with Crippen LogP contribution in [0.2, 0.25) is 0 Å². The predicted octanol–water partition coefficient (Wildman–Crippen LogP) is 0.844. The molecule has 0 spiro atoms. The minimum atomic E-state index is -3.66. The first-order chi connectivity index (χ1) is 12.1. The first-order valence-electron chi connectivity index (χ1n) is 8.78. The van der Waals surface area contributed by atoms with Crippen molar-refractivity contribution in [2.24, 2.45) is 4.40 Å². The van der Waals surface area contributed by atoms with E-state index >= 15 is 0 Å².